The standard InChI is InChI=1S/C12H15BrN4O4/c1-2-21-12(18)10-7-14-3-4-16(10)11-9(17(19)20)5-8(13)6-15-11/h5-6,10,14H,2-4,7H2,1H3. The van der Waals surface area contributed by atoms with Crippen molar-refractivity contribution in [3.8, 4) is 0 Å². The average molecular weight is 359 g/mol. The van der Waals surface area contributed by atoms with Gasteiger partial charge >= 0.3 is 11.7 Å². The first-order chi connectivity index (χ1) is 10.0. The number of rotatable bonds is 4. The third kappa shape index (κ3) is 3.48. The Kier molecular flexibility index (Phi) is 5.07. The number of carbonyl (C=O) groups is 1. The third-order valence-corrected chi connectivity index (χ3v) is 3.52. The number of nitrogens with zero attached hydrogens (tertiary/aromatic N) is 3. The van der Waals surface area contributed by atoms with Gasteiger partial charge in [-0.2, -0.15) is 0 Å². The van der Waals surface area contributed by atoms with E-state index in [1.807, 2.05) is 0 Å². The van der Waals surface area contributed by atoms with Crippen molar-refractivity contribution in [2.75, 3.05) is 31.1 Å². The second-order valence-corrected chi connectivity index (χ2v) is 5.33. The fraction of sp³-hybridized carbons (Fsp3) is 0.500. The maximum absolute atomic E-state index is 12.0. The normalized spacial score (nSPS) is 18.4. The highest BCUT2D eigenvalue weighted by atomic mass is 79.9. The molecule has 1 aliphatic rings. The van der Waals surface area contributed by atoms with E-state index in [1.54, 1.807) is 11.8 Å². The van der Waals surface area contributed by atoms with Gasteiger partial charge in [0.15, 0.2) is 0 Å². The topological polar surface area (TPSA) is 97.6 Å². The molecule has 1 aliphatic heterocycles. The van der Waals surface area contributed by atoms with E-state index >= 15 is 0 Å². The van der Waals surface area contributed by atoms with Crippen LogP contribution in [0.25, 0.3) is 0 Å². The number of aromatic nitrogens is 1. The van der Waals surface area contributed by atoms with Crippen LogP contribution in [0, 0.1) is 10.1 Å². The molecule has 1 aromatic heterocycles. The summed E-state index contributed by atoms with van der Waals surface area (Å²) < 4.78 is 5.54. The summed E-state index contributed by atoms with van der Waals surface area (Å²) in [5.74, 6) is -0.230. The number of pyridine rings is 1. The number of ether oxygens (including phenoxy) is 1. The van der Waals surface area contributed by atoms with Crippen molar-refractivity contribution in [2.24, 2.45) is 0 Å². The van der Waals surface area contributed by atoms with Crippen LogP contribution in [0.2, 0.25) is 0 Å². The van der Waals surface area contributed by atoms with Crippen molar-refractivity contribution in [1.29, 1.82) is 0 Å². The summed E-state index contributed by atoms with van der Waals surface area (Å²) in [7, 11) is 0. The fourth-order valence-electron chi connectivity index (χ4n) is 2.18. The van der Waals surface area contributed by atoms with E-state index in [9.17, 15) is 14.9 Å². The van der Waals surface area contributed by atoms with Crippen LogP contribution >= 0.6 is 15.9 Å². The summed E-state index contributed by atoms with van der Waals surface area (Å²) in [4.78, 5) is 28.5. The number of halogens is 1. The van der Waals surface area contributed by atoms with Gasteiger partial charge in [0.1, 0.15) is 6.04 Å². The zero-order valence-electron chi connectivity index (χ0n) is 11.4. The second-order valence-electron chi connectivity index (χ2n) is 4.42. The van der Waals surface area contributed by atoms with E-state index in [2.05, 4.69) is 26.2 Å². The molecule has 0 spiro atoms. The van der Waals surface area contributed by atoms with Gasteiger partial charge in [-0.05, 0) is 22.9 Å². The van der Waals surface area contributed by atoms with Gasteiger partial charge in [-0.15, -0.1) is 0 Å². The molecule has 0 bridgehead atoms. The van der Waals surface area contributed by atoms with Crippen molar-refractivity contribution in [3.05, 3.63) is 26.9 Å². The zero-order chi connectivity index (χ0) is 15.4. The molecule has 1 atom stereocenters. The number of esters is 1. The molecule has 9 heteroatoms. The van der Waals surface area contributed by atoms with E-state index in [-0.39, 0.29) is 18.1 Å². The first-order valence-electron chi connectivity index (χ1n) is 6.48. The molecule has 0 aliphatic carbocycles. The molecule has 0 radical (unpaired) electrons. The van der Waals surface area contributed by atoms with Crippen molar-refractivity contribution in [3.63, 3.8) is 0 Å². The Bertz CT molecular complexity index is 554. The summed E-state index contributed by atoms with van der Waals surface area (Å²) in [6, 6.07) is 0.762. The number of carbonyl (C=O) groups excluding carboxylic acids is 1. The Morgan fingerprint density at radius 3 is 3.14 bits per heavy atom. The minimum absolute atomic E-state index is 0.138. The molecule has 0 aromatic carbocycles. The summed E-state index contributed by atoms with van der Waals surface area (Å²) in [6.45, 7) is 3.41. The molecule has 1 fully saturated rings. The van der Waals surface area contributed by atoms with Crippen LogP contribution in [0.5, 0.6) is 0 Å². The minimum atomic E-state index is -0.619. The molecule has 1 unspecified atom stereocenters. The molecule has 2 rings (SSSR count). The van der Waals surface area contributed by atoms with Crippen LogP contribution in [0.1, 0.15) is 6.92 Å². The predicted molar refractivity (Wildman–Crippen MR) is 79.2 cm³/mol. The molecule has 1 aromatic rings. The number of nitrogens with one attached hydrogen (secondary N) is 1. The van der Waals surface area contributed by atoms with Gasteiger partial charge in [0.05, 0.1) is 11.5 Å². The Balaban J connectivity index is 2.37. The van der Waals surface area contributed by atoms with E-state index < -0.39 is 16.9 Å². The van der Waals surface area contributed by atoms with Crippen molar-refractivity contribution in [2.45, 2.75) is 13.0 Å². The second kappa shape index (κ2) is 6.81. The first-order valence-corrected chi connectivity index (χ1v) is 7.27. The molecule has 0 saturated carbocycles. The maximum atomic E-state index is 12.0. The van der Waals surface area contributed by atoms with Crippen molar-refractivity contribution in [1.82, 2.24) is 10.3 Å². The van der Waals surface area contributed by atoms with Crippen molar-refractivity contribution >= 4 is 33.4 Å². The van der Waals surface area contributed by atoms with E-state index in [0.29, 0.717) is 24.1 Å². The molecular formula is C12H15BrN4O4. The molecular weight excluding hydrogens is 344 g/mol. The summed E-state index contributed by atoms with van der Waals surface area (Å²) >= 11 is 3.17. The monoisotopic (exact) mass is 358 g/mol. The molecule has 1 saturated heterocycles. The Hall–Kier alpha value is -1.74. The number of nitro groups is 1. The van der Waals surface area contributed by atoms with Crippen LogP contribution < -0.4 is 10.2 Å². The lowest BCUT2D eigenvalue weighted by Crippen LogP contribution is -2.56. The van der Waals surface area contributed by atoms with Crippen LogP contribution in [0.15, 0.2) is 16.7 Å². The van der Waals surface area contributed by atoms with Crippen molar-refractivity contribution < 1.29 is 14.5 Å². The fourth-order valence-corrected chi connectivity index (χ4v) is 2.50. The number of hydrogen-bond acceptors (Lipinski definition) is 7. The van der Waals surface area contributed by atoms with E-state index in [4.69, 9.17) is 4.74 Å². The predicted octanol–water partition coefficient (Wildman–Crippen LogP) is 1.09. The smallest absolute Gasteiger partial charge is 0.330 e. The lowest BCUT2D eigenvalue weighted by Gasteiger charge is -2.34. The number of piperazine rings is 1. The van der Waals surface area contributed by atoms with Crippen LogP contribution in [-0.2, 0) is 9.53 Å². The summed E-state index contributed by atoms with van der Waals surface area (Å²) in [5.41, 5.74) is -0.138. The Morgan fingerprint density at radius 2 is 2.48 bits per heavy atom. The van der Waals surface area contributed by atoms with Gasteiger partial charge < -0.3 is 15.0 Å². The average Bonchev–Trinajstić information content (AvgIpc) is 2.47. The third-order valence-electron chi connectivity index (χ3n) is 3.08. The highest BCUT2D eigenvalue weighted by Gasteiger charge is 2.34. The largest absolute Gasteiger partial charge is 0.464 e. The molecule has 8 nitrogen and oxygen atoms in total. The lowest BCUT2D eigenvalue weighted by molar-refractivity contribution is -0.384. The lowest BCUT2D eigenvalue weighted by atomic mass is 10.2. The van der Waals surface area contributed by atoms with Gasteiger partial charge in [0.25, 0.3) is 0 Å². The molecule has 114 valence electrons. The molecule has 0 amide bonds. The first kappa shape index (κ1) is 15.6. The van der Waals surface area contributed by atoms with Gasteiger partial charge in [-0.1, -0.05) is 0 Å². The van der Waals surface area contributed by atoms with Crippen LogP contribution in [0.4, 0.5) is 11.5 Å². The van der Waals surface area contributed by atoms with E-state index in [1.165, 1.54) is 12.3 Å². The zero-order valence-corrected chi connectivity index (χ0v) is 13.0. The molecule has 21 heavy (non-hydrogen) atoms. The van der Waals surface area contributed by atoms with Crippen LogP contribution in [0.3, 0.4) is 0 Å². The summed E-state index contributed by atoms with van der Waals surface area (Å²) in [5, 5.41) is 14.3. The molecule has 2 heterocycles. The minimum Gasteiger partial charge on any atom is -0.464 e. The number of hydrogen-bond donors (Lipinski definition) is 1. The molecule has 1 N–H and O–H groups in total. The van der Waals surface area contributed by atoms with Crippen LogP contribution in [-0.4, -0.2) is 48.2 Å². The van der Waals surface area contributed by atoms with E-state index in [0.717, 1.165) is 0 Å². The van der Waals surface area contributed by atoms with Gasteiger partial charge in [0, 0.05) is 36.4 Å². The summed E-state index contributed by atoms with van der Waals surface area (Å²) in [6.07, 6.45) is 1.48. The van der Waals surface area contributed by atoms with Gasteiger partial charge in [0.2, 0.25) is 5.82 Å². The van der Waals surface area contributed by atoms with Gasteiger partial charge in [-0.3, -0.25) is 10.1 Å². The van der Waals surface area contributed by atoms with Gasteiger partial charge in [-0.25, -0.2) is 9.78 Å². The highest BCUT2D eigenvalue weighted by molar-refractivity contribution is 9.10. The Labute approximate surface area is 129 Å². The highest BCUT2D eigenvalue weighted by Crippen LogP contribution is 2.30. The maximum Gasteiger partial charge on any atom is 0.330 e. The Morgan fingerprint density at radius 1 is 1.71 bits per heavy atom. The SMILES string of the molecule is CCOC(=O)C1CNCCN1c1ncc(Br)cc1[N+](=O)[O-]. The quantitative estimate of drug-likeness (QED) is 0.488. The number of anilines is 1.